The molecule has 0 bridgehead atoms. The molecule has 1 amide bonds. The Balaban J connectivity index is 1.40. The van der Waals surface area contributed by atoms with E-state index >= 15 is 0 Å². The predicted octanol–water partition coefficient (Wildman–Crippen LogP) is 6.82. The number of aromatic nitrogens is 3. The Morgan fingerprint density at radius 2 is 1.74 bits per heavy atom. The minimum absolute atomic E-state index is 0.0573. The van der Waals surface area contributed by atoms with Crippen molar-refractivity contribution in [2.24, 2.45) is 7.05 Å². The number of likely N-dealkylation sites (tertiary alicyclic amines) is 1. The molecule has 4 aromatic rings. The van der Waals surface area contributed by atoms with Crippen molar-refractivity contribution in [1.29, 1.82) is 0 Å². The average molecular weight is 539 g/mol. The van der Waals surface area contributed by atoms with E-state index in [1.165, 1.54) is 18.3 Å². The Bertz CT molecular complexity index is 1460. The van der Waals surface area contributed by atoms with Crippen LogP contribution in [-0.2, 0) is 24.6 Å². The third-order valence-corrected chi connectivity index (χ3v) is 6.92. The zero-order valence-electron chi connectivity index (χ0n) is 21.2. The van der Waals surface area contributed by atoms with Gasteiger partial charge in [0.2, 0.25) is 5.95 Å². The number of benzene rings is 2. The number of pyridine rings is 1. The van der Waals surface area contributed by atoms with E-state index in [1.54, 1.807) is 28.6 Å². The van der Waals surface area contributed by atoms with E-state index in [9.17, 15) is 22.4 Å². The van der Waals surface area contributed by atoms with Crippen molar-refractivity contribution in [3.63, 3.8) is 0 Å². The van der Waals surface area contributed by atoms with Crippen LogP contribution in [0.15, 0.2) is 72.9 Å². The largest absolute Gasteiger partial charge is 0.445 e. The van der Waals surface area contributed by atoms with Crippen molar-refractivity contribution < 1.29 is 27.1 Å². The van der Waals surface area contributed by atoms with Gasteiger partial charge >= 0.3 is 12.3 Å². The van der Waals surface area contributed by atoms with Crippen molar-refractivity contribution in [3.8, 4) is 22.5 Å². The van der Waals surface area contributed by atoms with Gasteiger partial charge in [-0.3, -0.25) is 0 Å². The molecule has 202 valence electrons. The highest BCUT2D eigenvalue weighted by Gasteiger charge is 2.32. The average Bonchev–Trinajstić information content (AvgIpc) is 3.29. The molecule has 0 N–H and O–H groups in total. The number of ether oxygens (including phenoxy) is 1. The fraction of sp³-hybridized carbons (Fsp3) is 0.276. The maximum atomic E-state index is 14.0. The molecule has 5 rings (SSSR count). The van der Waals surface area contributed by atoms with Crippen LogP contribution in [0.5, 0.6) is 0 Å². The van der Waals surface area contributed by atoms with Crippen molar-refractivity contribution in [1.82, 2.24) is 19.4 Å². The normalized spacial score (nSPS) is 14.4. The number of carbonyl (C=O) groups is 1. The maximum absolute atomic E-state index is 14.0. The molecule has 0 aliphatic carbocycles. The van der Waals surface area contributed by atoms with Crippen LogP contribution in [-0.4, -0.2) is 38.6 Å². The second kappa shape index (κ2) is 10.9. The van der Waals surface area contributed by atoms with Gasteiger partial charge in [0.05, 0.1) is 17.0 Å². The van der Waals surface area contributed by atoms with Gasteiger partial charge in [0.1, 0.15) is 12.4 Å². The van der Waals surface area contributed by atoms with Gasteiger partial charge in [0.15, 0.2) is 0 Å². The lowest BCUT2D eigenvalue weighted by Gasteiger charge is -2.31. The SMILES string of the molecule is Cn1c(C2CCN(C(=O)OCc3ccccc3)CC2)nc(-c2ccnc(F)c2)c1-c1cccc(C(F)(F)F)c1. The first kappa shape index (κ1) is 26.4. The Morgan fingerprint density at radius 3 is 2.44 bits per heavy atom. The van der Waals surface area contributed by atoms with Crippen LogP contribution in [0.25, 0.3) is 22.5 Å². The highest BCUT2D eigenvalue weighted by molar-refractivity contribution is 5.79. The number of hydrogen-bond acceptors (Lipinski definition) is 4. The zero-order chi connectivity index (χ0) is 27.6. The highest BCUT2D eigenvalue weighted by atomic mass is 19.4. The third kappa shape index (κ3) is 5.79. The minimum atomic E-state index is -4.51. The van der Waals surface area contributed by atoms with Gasteiger partial charge in [0, 0.05) is 49.4 Å². The van der Waals surface area contributed by atoms with E-state index in [0.29, 0.717) is 54.3 Å². The predicted molar refractivity (Wildman–Crippen MR) is 137 cm³/mol. The topological polar surface area (TPSA) is 60.2 Å². The molecule has 0 spiro atoms. The fourth-order valence-electron chi connectivity index (χ4n) is 4.94. The summed E-state index contributed by atoms with van der Waals surface area (Å²) in [6.45, 7) is 1.08. The summed E-state index contributed by atoms with van der Waals surface area (Å²) in [5.74, 6) is -0.109. The lowest BCUT2D eigenvalue weighted by atomic mass is 9.96. The Labute approximate surface area is 222 Å². The van der Waals surface area contributed by atoms with Crippen LogP contribution in [0.3, 0.4) is 0 Å². The summed E-state index contributed by atoms with van der Waals surface area (Å²) in [6.07, 6.45) is -2.42. The summed E-state index contributed by atoms with van der Waals surface area (Å²) in [5, 5.41) is 0. The molecule has 0 unspecified atom stereocenters. The second-order valence-electron chi connectivity index (χ2n) is 9.47. The number of hydrogen-bond donors (Lipinski definition) is 0. The molecular weight excluding hydrogens is 512 g/mol. The standard InChI is InChI=1S/C29H26F4N4O2/c1-36-26(22-8-5-9-23(16-22)29(31,32)33)25(21-10-13-34-24(30)17-21)35-27(36)20-11-14-37(15-12-20)28(38)39-18-19-6-3-2-4-7-19/h2-10,13,16-17,20H,11-12,14-15,18H2,1H3. The Hall–Kier alpha value is -4.21. The molecule has 3 heterocycles. The van der Waals surface area contributed by atoms with Crippen LogP contribution in [0.1, 0.15) is 35.7 Å². The lowest BCUT2D eigenvalue weighted by molar-refractivity contribution is -0.137. The number of alkyl halides is 3. The van der Waals surface area contributed by atoms with Crippen LogP contribution >= 0.6 is 0 Å². The van der Waals surface area contributed by atoms with Crippen LogP contribution < -0.4 is 0 Å². The van der Waals surface area contributed by atoms with E-state index in [2.05, 4.69) is 4.98 Å². The molecule has 2 aromatic heterocycles. The number of carbonyl (C=O) groups excluding carboxylic acids is 1. The first-order valence-corrected chi connectivity index (χ1v) is 12.5. The first-order chi connectivity index (χ1) is 18.7. The van der Waals surface area contributed by atoms with Crippen molar-refractivity contribution in [2.45, 2.75) is 31.5 Å². The summed E-state index contributed by atoms with van der Waals surface area (Å²) in [7, 11) is 1.75. The molecule has 1 saturated heterocycles. The summed E-state index contributed by atoms with van der Waals surface area (Å²) >= 11 is 0. The number of amides is 1. The Kier molecular flexibility index (Phi) is 7.36. The monoisotopic (exact) mass is 538 g/mol. The minimum Gasteiger partial charge on any atom is -0.445 e. The number of nitrogens with zero attached hydrogens (tertiary/aromatic N) is 4. The smallest absolute Gasteiger partial charge is 0.416 e. The van der Waals surface area contributed by atoms with E-state index in [-0.39, 0.29) is 12.5 Å². The molecule has 2 aromatic carbocycles. The first-order valence-electron chi connectivity index (χ1n) is 12.5. The molecular formula is C29H26F4N4O2. The van der Waals surface area contributed by atoms with E-state index in [4.69, 9.17) is 9.72 Å². The molecule has 39 heavy (non-hydrogen) atoms. The van der Waals surface area contributed by atoms with E-state index < -0.39 is 23.8 Å². The van der Waals surface area contributed by atoms with Crippen LogP contribution in [0, 0.1) is 5.95 Å². The van der Waals surface area contributed by atoms with Crippen molar-refractivity contribution in [2.75, 3.05) is 13.1 Å². The number of rotatable bonds is 5. The van der Waals surface area contributed by atoms with Crippen molar-refractivity contribution in [3.05, 3.63) is 95.8 Å². The third-order valence-electron chi connectivity index (χ3n) is 6.92. The number of halogens is 4. The molecule has 0 atom stereocenters. The summed E-state index contributed by atoms with van der Waals surface area (Å²) in [5.41, 5.74) is 1.68. The molecule has 6 nitrogen and oxygen atoms in total. The fourth-order valence-corrected chi connectivity index (χ4v) is 4.94. The summed E-state index contributed by atoms with van der Waals surface area (Å²) < 4.78 is 61.7. The van der Waals surface area contributed by atoms with Gasteiger partial charge in [-0.15, -0.1) is 0 Å². The molecule has 0 saturated carbocycles. The number of piperidine rings is 1. The molecule has 1 aliphatic heterocycles. The summed E-state index contributed by atoms with van der Waals surface area (Å²) in [4.78, 5) is 22.7. The van der Waals surface area contributed by atoms with E-state index in [0.717, 1.165) is 17.7 Å². The van der Waals surface area contributed by atoms with E-state index in [1.807, 2.05) is 30.3 Å². The maximum Gasteiger partial charge on any atom is 0.416 e. The van der Waals surface area contributed by atoms with Gasteiger partial charge in [0.25, 0.3) is 0 Å². The zero-order valence-corrected chi connectivity index (χ0v) is 21.2. The van der Waals surface area contributed by atoms with Crippen LogP contribution in [0.2, 0.25) is 0 Å². The number of imidazole rings is 1. The quantitative estimate of drug-likeness (QED) is 0.207. The van der Waals surface area contributed by atoms with Gasteiger partial charge in [-0.25, -0.2) is 14.8 Å². The molecule has 10 heteroatoms. The highest BCUT2D eigenvalue weighted by Crippen LogP contribution is 2.39. The van der Waals surface area contributed by atoms with Gasteiger partial charge < -0.3 is 14.2 Å². The lowest BCUT2D eigenvalue weighted by Crippen LogP contribution is -2.38. The molecule has 0 radical (unpaired) electrons. The second-order valence-corrected chi connectivity index (χ2v) is 9.47. The molecule has 1 fully saturated rings. The Morgan fingerprint density at radius 1 is 1.00 bits per heavy atom. The van der Waals surface area contributed by atoms with Crippen LogP contribution in [0.4, 0.5) is 22.4 Å². The molecule has 1 aliphatic rings. The van der Waals surface area contributed by atoms with Gasteiger partial charge in [-0.2, -0.15) is 17.6 Å². The van der Waals surface area contributed by atoms with Gasteiger partial charge in [-0.1, -0.05) is 42.5 Å². The van der Waals surface area contributed by atoms with Crippen molar-refractivity contribution >= 4 is 6.09 Å². The van der Waals surface area contributed by atoms with Gasteiger partial charge in [-0.05, 0) is 36.6 Å². The summed E-state index contributed by atoms with van der Waals surface area (Å²) in [6, 6.07) is 17.2.